The number of rotatable bonds is 5. The van der Waals surface area contributed by atoms with E-state index in [1.54, 1.807) is 19.0 Å². The molecule has 0 aliphatic carbocycles. The number of carbonyl (C=O) groups excluding carboxylic acids is 1. The van der Waals surface area contributed by atoms with E-state index in [4.69, 9.17) is 0 Å². The largest absolute Gasteiger partial charge is 0.371 e. The fraction of sp³-hybridized carbons (Fsp3) is 0.346. The minimum Gasteiger partial charge on any atom is -0.371 e. The van der Waals surface area contributed by atoms with Crippen LogP contribution in [0.5, 0.6) is 0 Å². The Hall–Kier alpha value is -2.81. The number of nitrogens with zero attached hydrogens (tertiary/aromatic N) is 2. The van der Waals surface area contributed by atoms with Crippen LogP contribution in [0.25, 0.3) is 10.8 Å². The maximum absolute atomic E-state index is 12.1. The summed E-state index contributed by atoms with van der Waals surface area (Å²) in [4.78, 5) is 16.2. The van der Waals surface area contributed by atoms with Crippen molar-refractivity contribution in [3.05, 3.63) is 77.9 Å². The second-order valence-electron chi connectivity index (χ2n) is 8.55. The lowest BCUT2D eigenvalue weighted by Gasteiger charge is -2.21. The number of amides is 1. The standard InChI is InChI=1S/C26H30N2O/c1-19(24-10-6-8-21-7-4-5-9-25(21)24)17-20-15-16-28(18-20)23-13-11-22(12-14-23)26(29)27(2)3/h4-14,19-20H,15-18H2,1-3H3/t19-,20+/m0/s1. The summed E-state index contributed by atoms with van der Waals surface area (Å²) < 4.78 is 0. The van der Waals surface area contributed by atoms with Crippen molar-refractivity contribution in [3.63, 3.8) is 0 Å². The molecule has 1 heterocycles. The zero-order valence-electron chi connectivity index (χ0n) is 17.6. The molecule has 0 unspecified atom stereocenters. The fourth-order valence-corrected chi connectivity index (χ4v) is 4.64. The van der Waals surface area contributed by atoms with Gasteiger partial charge in [-0.2, -0.15) is 0 Å². The molecule has 3 aromatic carbocycles. The van der Waals surface area contributed by atoms with Crippen molar-refractivity contribution in [2.24, 2.45) is 5.92 Å². The van der Waals surface area contributed by atoms with Gasteiger partial charge in [-0.15, -0.1) is 0 Å². The molecule has 0 radical (unpaired) electrons. The van der Waals surface area contributed by atoms with Crippen LogP contribution in [0.15, 0.2) is 66.7 Å². The lowest BCUT2D eigenvalue weighted by molar-refractivity contribution is 0.0827. The van der Waals surface area contributed by atoms with Crippen LogP contribution in [0.3, 0.4) is 0 Å². The van der Waals surface area contributed by atoms with Crippen molar-refractivity contribution in [1.82, 2.24) is 4.90 Å². The van der Waals surface area contributed by atoms with Gasteiger partial charge < -0.3 is 9.80 Å². The van der Waals surface area contributed by atoms with E-state index in [9.17, 15) is 4.79 Å². The molecule has 0 spiro atoms. The molecule has 0 aromatic heterocycles. The van der Waals surface area contributed by atoms with Crippen LogP contribution < -0.4 is 4.90 Å². The first-order valence-electron chi connectivity index (χ1n) is 10.6. The molecule has 29 heavy (non-hydrogen) atoms. The Morgan fingerprint density at radius 2 is 1.76 bits per heavy atom. The van der Waals surface area contributed by atoms with Gasteiger partial charge in [0.1, 0.15) is 0 Å². The van der Waals surface area contributed by atoms with Crippen LogP contribution in [0.1, 0.15) is 41.6 Å². The summed E-state index contributed by atoms with van der Waals surface area (Å²) in [5.74, 6) is 1.30. The van der Waals surface area contributed by atoms with E-state index >= 15 is 0 Å². The van der Waals surface area contributed by atoms with Gasteiger partial charge in [-0.05, 0) is 65.3 Å². The van der Waals surface area contributed by atoms with E-state index in [0.717, 1.165) is 18.7 Å². The summed E-state index contributed by atoms with van der Waals surface area (Å²) in [5, 5.41) is 2.72. The highest BCUT2D eigenvalue weighted by Gasteiger charge is 2.25. The SMILES string of the molecule is C[C@@H](C[C@H]1CCN(c2ccc(C(=O)N(C)C)cc2)C1)c1cccc2ccccc12. The molecule has 3 heteroatoms. The van der Waals surface area contributed by atoms with Gasteiger partial charge in [0.05, 0.1) is 0 Å². The minimum absolute atomic E-state index is 0.0553. The number of carbonyl (C=O) groups is 1. The molecule has 1 aliphatic rings. The van der Waals surface area contributed by atoms with Gasteiger partial charge in [0.25, 0.3) is 5.91 Å². The van der Waals surface area contributed by atoms with Crippen LogP contribution in [-0.4, -0.2) is 38.0 Å². The third-order valence-corrected chi connectivity index (χ3v) is 6.21. The van der Waals surface area contributed by atoms with Crippen LogP contribution in [-0.2, 0) is 0 Å². The molecule has 3 nitrogen and oxygen atoms in total. The third kappa shape index (κ3) is 4.14. The third-order valence-electron chi connectivity index (χ3n) is 6.21. The van der Waals surface area contributed by atoms with Crippen molar-refractivity contribution in [1.29, 1.82) is 0 Å². The lowest BCUT2D eigenvalue weighted by Crippen LogP contribution is -2.22. The Morgan fingerprint density at radius 1 is 1.03 bits per heavy atom. The number of hydrogen-bond acceptors (Lipinski definition) is 2. The highest BCUT2D eigenvalue weighted by atomic mass is 16.2. The number of anilines is 1. The van der Waals surface area contributed by atoms with Gasteiger partial charge in [0, 0.05) is 38.4 Å². The molecule has 0 bridgehead atoms. The number of fused-ring (bicyclic) bond motifs is 1. The predicted molar refractivity (Wildman–Crippen MR) is 122 cm³/mol. The van der Waals surface area contributed by atoms with Crippen molar-refractivity contribution in [2.45, 2.75) is 25.7 Å². The van der Waals surface area contributed by atoms with Gasteiger partial charge in [0.15, 0.2) is 0 Å². The lowest BCUT2D eigenvalue weighted by atomic mass is 9.87. The monoisotopic (exact) mass is 386 g/mol. The average Bonchev–Trinajstić information content (AvgIpc) is 3.21. The Balaban J connectivity index is 1.41. The number of benzene rings is 3. The molecular formula is C26H30N2O. The molecule has 0 saturated carbocycles. The zero-order valence-corrected chi connectivity index (χ0v) is 17.6. The topological polar surface area (TPSA) is 23.6 Å². The molecule has 0 N–H and O–H groups in total. The molecule has 2 atom stereocenters. The molecular weight excluding hydrogens is 356 g/mol. The van der Waals surface area contributed by atoms with Gasteiger partial charge in [-0.25, -0.2) is 0 Å². The molecule has 4 rings (SSSR count). The summed E-state index contributed by atoms with van der Waals surface area (Å²) in [7, 11) is 3.58. The summed E-state index contributed by atoms with van der Waals surface area (Å²) in [6.45, 7) is 4.55. The van der Waals surface area contributed by atoms with Gasteiger partial charge >= 0.3 is 0 Å². The van der Waals surface area contributed by atoms with Crippen molar-refractivity contribution in [3.8, 4) is 0 Å². The van der Waals surface area contributed by atoms with E-state index in [1.165, 1.54) is 34.9 Å². The second kappa shape index (κ2) is 8.28. The molecule has 1 fully saturated rings. The van der Waals surface area contributed by atoms with E-state index in [1.807, 2.05) is 12.1 Å². The number of hydrogen-bond donors (Lipinski definition) is 0. The molecule has 1 aliphatic heterocycles. The summed E-state index contributed by atoms with van der Waals surface area (Å²) in [6.07, 6.45) is 2.44. The van der Waals surface area contributed by atoms with E-state index in [-0.39, 0.29) is 5.91 Å². The second-order valence-corrected chi connectivity index (χ2v) is 8.55. The molecule has 3 aromatic rings. The fourth-order valence-electron chi connectivity index (χ4n) is 4.64. The van der Waals surface area contributed by atoms with E-state index < -0.39 is 0 Å². The van der Waals surface area contributed by atoms with Crippen LogP contribution >= 0.6 is 0 Å². The normalized spacial score (nSPS) is 17.5. The van der Waals surface area contributed by atoms with E-state index in [0.29, 0.717) is 11.8 Å². The first-order valence-corrected chi connectivity index (χ1v) is 10.6. The first-order chi connectivity index (χ1) is 14.0. The Morgan fingerprint density at radius 3 is 2.52 bits per heavy atom. The minimum atomic E-state index is 0.0553. The Kier molecular flexibility index (Phi) is 5.57. The van der Waals surface area contributed by atoms with Crippen molar-refractivity contribution in [2.75, 3.05) is 32.1 Å². The van der Waals surface area contributed by atoms with Gasteiger partial charge in [0.2, 0.25) is 0 Å². The molecule has 1 saturated heterocycles. The Bertz CT molecular complexity index is 988. The highest BCUT2D eigenvalue weighted by molar-refractivity contribution is 5.94. The highest BCUT2D eigenvalue weighted by Crippen LogP contribution is 2.34. The quantitative estimate of drug-likeness (QED) is 0.573. The van der Waals surface area contributed by atoms with Crippen molar-refractivity contribution >= 4 is 22.4 Å². The molecule has 150 valence electrons. The smallest absolute Gasteiger partial charge is 0.253 e. The van der Waals surface area contributed by atoms with Crippen molar-refractivity contribution < 1.29 is 4.79 Å². The maximum atomic E-state index is 12.1. The average molecular weight is 387 g/mol. The van der Waals surface area contributed by atoms with Crippen LogP contribution in [0, 0.1) is 5.92 Å². The molecule has 1 amide bonds. The Labute approximate surface area is 173 Å². The maximum Gasteiger partial charge on any atom is 0.253 e. The van der Waals surface area contributed by atoms with Gasteiger partial charge in [-0.3, -0.25) is 4.79 Å². The summed E-state index contributed by atoms with van der Waals surface area (Å²) >= 11 is 0. The first kappa shape index (κ1) is 19.5. The summed E-state index contributed by atoms with van der Waals surface area (Å²) in [5.41, 5.74) is 3.44. The van der Waals surface area contributed by atoms with Crippen LogP contribution in [0.2, 0.25) is 0 Å². The predicted octanol–water partition coefficient (Wildman–Crippen LogP) is 5.56. The summed E-state index contributed by atoms with van der Waals surface area (Å²) in [6, 6.07) is 23.5. The van der Waals surface area contributed by atoms with Gasteiger partial charge in [-0.1, -0.05) is 49.4 Å². The van der Waals surface area contributed by atoms with E-state index in [2.05, 4.69) is 66.4 Å². The zero-order chi connectivity index (χ0) is 20.4. The van der Waals surface area contributed by atoms with Crippen LogP contribution in [0.4, 0.5) is 5.69 Å².